The van der Waals surface area contributed by atoms with Gasteiger partial charge in [0.25, 0.3) is 35.4 Å². The highest BCUT2D eigenvalue weighted by atomic mass is 16.5. The van der Waals surface area contributed by atoms with Gasteiger partial charge in [-0.25, -0.2) is 38.4 Å². The Labute approximate surface area is 760 Å². The summed E-state index contributed by atoms with van der Waals surface area (Å²) >= 11 is 0. The molecule has 0 bridgehead atoms. The summed E-state index contributed by atoms with van der Waals surface area (Å²) in [6.45, 7) is 0. The number of hydrogen-bond donors (Lipinski definition) is 6. The first kappa shape index (κ1) is 87.7. The fraction of sp³-hybridized carbons (Fsp3) is 0.0762. The van der Waals surface area contributed by atoms with E-state index in [-0.39, 0.29) is 29.1 Å². The lowest BCUT2D eigenvalue weighted by Crippen LogP contribution is -2.36. The molecule has 660 valence electrons. The Bertz CT molecular complexity index is 8100. The first-order chi connectivity index (χ1) is 64.3. The molecule has 16 aromatic carbocycles. The van der Waals surface area contributed by atoms with E-state index >= 15 is 0 Å². The molecule has 4 aliphatic rings. The van der Waals surface area contributed by atoms with Crippen LogP contribution >= 0.6 is 0 Å². The Balaban J connectivity index is 0.000000124. The number of nitrogens with one attached hydrogen (secondary N) is 3. The second-order valence-electron chi connectivity index (χ2n) is 31.7. The molecule has 0 unspecified atom stereocenters. The predicted molar refractivity (Wildman–Crippen MR) is 507 cm³/mol. The van der Waals surface area contributed by atoms with Gasteiger partial charge in [0.1, 0.15) is 0 Å². The van der Waals surface area contributed by atoms with Gasteiger partial charge < -0.3 is 56.8 Å². The smallest absolute Gasteiger partial charge is 0.338 e. The van der Waals surface area contributed by atoms with Crippen LogP contribution in [0.5, 0.6) is 0 Å². The molecular weight excluding hydrogens is 1710 g/mol. The number of rotatable bonds is 12. The van der Waals surface area contributed by atoms with Crippen LogP contribution in [0.15, 0.2) is 249 Å². The van der Waals surface area contributed by atoms with Crippen LogP contribution in [0.2, 0.25) is 0 Å². The Kier molecular flexibility index (Phi) is 22.9. The summed E-state index contributed by atoms with van der Waals surface area (Å²) in [6.07, 6.45) is 3.39. The van der Waals surface area contributed by atoms with E-state index < -0.39 is 65.7 Å². The SMILES string of the molecule is COC(=O)c1cc2cc(NC(N)=O)ccc2cc1-c1cc2c3c(cccc3c1)C(=O)N(C)C2=O.COC(=O)c1cc2cc(NC(N)=O)ccc2cc1-c1ccc2c3c(cccc13)C(=O)C=C2.COC(=O)c1ccc2cc(-c3cc4c5c(cccc5c3)C(=O)N(C)C4=O)c(C(=O)OC)cc2c1.COC(=O)c1ccc2cc(-c3cc4c5c(cccc5c3)C(=O)N(C)C4=O)c(NC(N)=O)cc2c1. The number of ether oxygens (including phenoxy) is 5. The van der Waals surface area contributed by atoms with Crippen molar-refractivity contribution in [3.63, 3.8) is 0 Å². The van der Waals surface area contributed by atoms with E-state index in [2.05, 4.69) is 16.0 Å². The van der Waals surface area contributed by atoms with Crippen molar-refractivity contribution in [3.05, 3.63) is 321 Å². The van der Waals surface area contributed by atoms with Crippen molar-refractivity contribution in [1.82, 2.24) is 14.7 Å². The molecule has 29 heteroatoms. The number of urea groups is 3. The van der Waals surface area contributed by atoms with Crippen LogP contribution in [-0.2, 0) is 23.7 Å². The van der Waals surface area contributed by atoms with E-state index in [4.69, 9.17) is 40.9 Å². The highest BCUT2D eigenvalue weighted by Gasteiger charge is 2.36. The number of methoxy groups -OCH3 is 5. The molecule has 0 saturated heterocycles. The predicted octanol–water partition coefficient (Wildman–Crippen LogP) is 17.9. The second kappa shape index (κ2) is 35.0. The summed E-state index contributed by atoms with van der Waals surface area (Å²) in [5, 5.41) is 19.5. The number of ketones is 1. The third-order valence-corrected chi connectivity index (χ3v) is 23.9. The molecule has 3 heterocycles. The number of esters is 5. The highest BCUT2D eigenvalue weighted by Crippen LogP contribution is 2.45. The van der Waals surface area contributed by atoms with Gasteiger partial charge in [-0.1, -0.05) is 97.1 Å². The zero-order valence-corrected chi connectivity index (χ0v) is 72.5. The monoisotopic (exact) mass is 1780 g/mol. The molecule has 29 nitrogen and oxygen atoms in total. The van der Waals surface area contributed by atoms with Gasteiger partial charge in [0.05, 0.1) is 69.1 Å². The molecule has 3 aliphatic heterocycles. The first-order valence-corrected chi connectivity index (χ1v) is 41.3. The summed E-state index contributed by atoms with van der Waals surface area (Å²) < 4.78 is 24.7. The average Bonchev–Trinajstić information content (AvgIpc) is 0.743. The standard InChI is InChI=1S/C27H19NO6.2C26H19N3O5.C26H18N2O4/c1-28-24(29)19-6-4-5-15-9-18(13-22(23(15)19)25(28)30)20-11-14-7-8-16(26(31)33-2)10-17(14)12-21(20)27(32)34-3;1-29-23(30)18-5-3-4-14-8-16(12-21(22(14)18)24(29)31)19-10-13-6-7-17(28-26(27)33)9-15(13)11-20(19)25(32)34-2;1-29-23(30)18-5-3-4-14-8-17(11-20(22(14)18)24(29)31)19-10-13-6-7-15(25(32)34-2)9-16(13)12-21(19)28-26(27)33;1-32-25(30)22-13-16-11-17(28-26(27)31)8-5-15(16)12-21(22)18-9-6-14-7-10-23(29)20-4-2-3-19(18)24(14)20/h4-13H,1-3H3;2*3-12H,1-2H3,(H3,27,28,33);2-13H,1H3,(H3,27,28,31). The van der Waals surface area contributed by atoms with Gasteiger partial charge in [-0.15, -0.1) is 0 Å². The van der Waals surface area contributed by atoms with Gasteiger partial charge in [0, 0.05) is 98.6 Å². The Morgan fingerprint density at radius 1 is 0.261 bits per heavy atom. The van der Waals surface area contributed by atoms with Gasteiger partial charge in [0.2, 0.25) is 0 Å². The maximum atomic E-state index is 13.0. The molecule has 134 heavy (non-hydrogen) atoms. The number of fused-ring (bicyclic) bond motifs is 4. The zero-order valence-electron chi connectivity index (χ0n) is 72.5. The Morgan fingerprint density at radius 3 is 1.01 bits per heavy atom. The number of nitrogens with zero attached hydrogens (tertiary/aromatic N) is 3. The fourth-order valence-corrected chi connectivity index (χ4v) is 17.6. The number of primary amides is 3. The van der Waals surface area contributed by atoms with Crippen molar-refractivity contribution in [2.24, 2.45) is 17.2 Å². The minimum absolute atomic E-state index is 0.0403. The van der Waals surface area contributed by atoms with E-state index in [1.54, 1.807) is 152 Å². The molecule has 0 radical (unpaired) electrons. The third-order valence-electron chi connectivity index (χ3n) is 23.9. The van der Waals surface area contributed by atoms with Crippen molar-refractivity contribution in [1.29, 1.82) is 0 Å². The number of hydrogen-bond acceptors (Lipinski definition) is 20. The molecule has 0 spiro atoms. The molecule has 0 aromatic heterocycles. The van der Waals surface area contributed by atoms with Crippen molar-refractivity contribution in [2.45, 2.75) is 0 Å². The van der Waals surface area contributed by atoms with Crippen LogP contribution in [0, 0.1) is 0 Å². The lowest BCUT2D eigenvalue weighted by molar-refractivity contribution is 0.0592. The largest absolute Gasteiger partial charge is 0.465 e. The van der Waals surface area contributed by atoms with Crippen molar-refractivity contribution < 1.29 is 95.6 Å². The summed E-state index contributed by atoms with van der Waals surface area (Å²) in [5.41, 5.74) is 28.4. The molecule has 1 aliphatic carbocycles. The summed E-state index contributed by atoms with van der Waals surface area (Å²) in [5.74, 6) is -4.83. The number of carbonyl (C=O) groups is 15. The molecule has 0 fully saturated rings. The van der Waals surface area contributed by atoms with Crippen molar-refractivity contribution in [2.75, 3.05) is 72.6 Å². The Hall–Kier alpha value is -18.4. The van der Waals surface area contributed by atoms with Gasteiger partial charge >= 0.3 is 47.9 Å². The minimum Gasteiger partial charge on any atom is -0.465 e. The van der Waals surface area contributed by atoms with Gasteiger partial charge in [0.15, 0.2) is 5.78 Å². The van der Waals surface area contributed by atoms with E-state index in [1.165, 1.54) is 56.7 Å². The zero-order chi connectivity index (χ0) is 94.8. The first-order valence-electron chi connectivity index (χ1n) is 41.3. The number of allylic oxidation sites excluding steroid dienone is 1. The normalized spacial score (nSPS) is 12.7. The number of amides is 12. The number of carbonyl (C=O) groups excluding carboxylic acids is 15. The maximum Gasteiger partial charge on any atom is 0.338 e. The quantitative estimate of drug-likeness (QED) is 0.0376. The molecule has 20 rings (SSSR count). The van der Waals surface area contributed by atoms with E-state index in [1.807, 2.05) is 103 Å². The number of benzene rings is 16. The lowest BCUT2D eigenvalue weighted by Gasteiger charge is -2.24. The molecule has 9 N–H and O–H groups in total. The molecule has 0 atom stereocenters. The van der Waals surface area contributed by atoms with Crippen molar-refractivity contribution >= 4 is 198 Å². The number of nitrogens with two attached hydrogens (primary N) is 3. The van der Waals surface area contributed by atoms with Crippen LogP contribution in [0.4, 0.5) is 31.4 Å². The molecular formula is C105H75N9O20. The highest BCUT2D eigenvalue weighted by molar-refractivity contribution is 6.30. The summed E-state index contributed by atoms with van der Waals surface area (Å²) in [4.78, 5) is 189. The summed E-state index contributed by atoms with van der Waals surface area (Å²) in [6, 6.07) is 68.9. The minimum atomic E-state index is -0.754. The molecule has 0 saturated carbocycles. The third kappa shape index (κ3) is 15.8. The average molecular weight is 1780 g/mol. The fourth-order valence-electron chi connectivity index (χ4n) is 17.6. The number of imide groups is 3. The van der Waals surface area contributed by atoms with Crippen LogP contribution in [0.25, 0.3) is 137 Å². The van der Waals surface area contributed by atoms with Gasteiger partial charge in [-0.2, -0.15) is 0 Å². The second-order valence-corrected chi connectivity index (χ2v) is 31.7. The van der Waals surface area contributed by atoms with Crippen LogP contribution in [-0.4, -0.2) is 161 Å². The number of anilines is 3. The van der Waals surface area contributed by atoms with E-state index in [0.717, 1.165) is 79.7 Å². The topological polar surface area (TPSA) is 426 Å². The maximum absolute atomic E-state index is 13.0. The summed E-state index contributed by atoms with van der Waals surface area (Å²) in [7, 11) is 10.9. The molecule has 16 aromatic rings. The van der Waals surface area contributed by atoms with Crippen molar-refractivity contribution in [3.8, 4) is 44.5 Å². The van der Waals surface area contributed by atoms with Gasteiger partial charge in [-0.3, -0.25) is 48.3 Å². The van der Waals surface area contributed by atoms with E-state index in [0.29, 0.717) is 150 Å². The van der Waals surface area contributed by atoms with Crippen LogP contribution in [0.1, 0.15) is 130 Å². The van der Waals surface area contributed by atoms with E-state index in [9.17, 15) is 71.9 Å². The Morgan fingerprint density at radius 2 is 0.604 bits per heavy atom. The van der Waals surface area contributed by atoms with Gasteiger partial charge in [-0.05, 0) is 267 Å². The van der Waals surface area contributed by atoms with Crippen LogP contribution in [0.3, 0.4) is 0 Å². The van der Waals surface area contributed by atoms with Crippen LogP contribution < -0.4 is 33.2 Å². The molecule has 12 amide bonds. The lowest BCUT2D eigenvalue weighted by atomic mass is 9.86.